The second kappa shape index (κ2) is 6.62. The van der Waals surface area contributed by atoms with E-state index in [-0.39, 0.29) is 6.10 Å². The summed E-state index contributed by atoms with van der Waals surface area (Å²) in [5, 5.41) is 0. The van der Waals surface area contributed by atoms with Crippen LogP contribution in [0.5, 0.6) is 5.75 Å². The van der Waals surface area contributed by atoms with Crippen molar-refractivity contribution >= 4 is 0 Å². The van der Waals surface area contributed by atoms with E-state index in [0.29, 0.717) is 19.8 Å². The minimum atomic E-state index is -0.0284. The first-order chi connectivity index (χ1) is 8.10. The van der Waals surface area contributed by atoms with E-state index in [1.54, 1.807) is 0 Å². The van der Waals surface area contributed by atoms with Gasteiger partial charge in [0.2, 0.25) is 0 Å². The summed E-state index contributed by atoms with van der Waals surface area (Å²) in [7, 11) is 0. The highest BCUT2D eigenvalue weighted by Crippen LogP contribution is 2.25. The Morgan fingerprint density at radius 1 is 1.18 bits per heavy atom. The first-order valence-corrected chi connectivity index (χ1v) is 6.11. The van der Waals surface area contributed by atoms with E-state index in [2.05, 4.69) is 32.9 Å². The third kappa shape index (κ3) is 3.72. The van der Waals surface area contributed by atoms with Gasteiger partial charge in [-0.15, -0.1) is 0 Å². The van der Waals surface area contributed by atoms with Crippen LogP contribution in [-0.4, -0.2) is 25.9 Å². The van der Waals surface area contributed by atoms with Crippen molar-refractivity contribution in [3.63, 3.8) is 0 Å². The van der Waals surface area contributed by atoms with Gasteiger partial charge in [-0.2, -0.15) is 0 Å². The minimum Gasteiger partial charge on any atom is -0.490 e. The van der Waals surface area contributed by atoms with Crippen LogP contribution in [0.15, 0.2) is 12.1 Å². The Bertz CT molecular complexity index is 363. The highest BCUT2D eigenvalue weighted by molar-refractivity contribution is 5.44. The molecule has 0 heterocycles. The molecule has 3 nitrogen and oxygen atoms in total. The highest BCUT2D eigenvalue weighted by Gasteiger charge is 2.10. The predicted molar refractivity (Wildman–Crippen MR) is 70.6 cm³/mol. The Balaban J connectivity index is 2.71. The molecule has 0 amide bonds. The van der Waals surface area contributed by atoms with Gasteiger partial charge in [0.1, 0.15) is 18.5 Å². The number of benzene rings is 1. The van der Waals surface area contributed by atoms with Gasteiger partial charge in [-0.3, -0.25) is 0 Å². The first kappa shape index (κ1) is 14.0. The lowest BCUT2D eigenvalue weighted by Crippen LogP contribution is -2.30. The maximum Gasteiger partial charge on any atom is 0.125 e. The van der Waals surface area contributed by atoms with Crippen LogP contribution in [0.3, 0.4) is 0 Å². The summed E-state index contributed by atoms with van der Waals surface area (Å²) in [6.07, 6.45) is -0.0284. The quantitative estimate of drug-likeness (QED) is 0.826. The van der Waals surface area contributed by atoms with Crippen molar-refractivity contribution in [2.45, 2.75) is 33.8 Å². The molecule has 1 aromatic rings. The van der Waals surface area contributed by atoms with Gasteiger partial charge in [-0.1, -0.05) is 12.1 Å². The zero-order valence-corrected chi connectivity index (χ0v) is 11.2. The van der Waals surface area contributed by atoms with Gasteiger partial charge >= 0.3 is 0 Å². The third-order valence-electron chi connectivity index (χ3n) is 2.95. The Kier molecular flexibility index (Phi) is 5.45. The molecule has 0 saturated heterocycles. The molecule has 0 spiro atoms. The highest BCUT2D eigenvalue weighted by atomic mass is 16.5. The van der Waals surface area contributed by atoms with E-state index in [1.807, 2.05) is 6.92 Å². The molecule has 1 unspecified atom stereocenters. The Hall–Kier alpha value is -1.06. The Morgan fingerprint density at radius 2 is 1.82 bits per heavy atom. The molecule has 1 aromatic carbocycles. The monoisotopic (exact) mass is 237 g/mol. The smallest absolute Gasteiger partial charge is 0.125 e. The molecule has 0 aliphatic carbocycles. The van der Waals surface area contributed by atoms with Gasteiger partial charge < -0.3 is 15.2 Å². The topological polar surface area (TPSA) is 44.5 Å². The average Bonchev–Trinajstić information content (AvgIpc) is 2.32. The average molecular weight is 237 g/mol. The summed E-state index contributed by atoms with van der Waals surface area (Å²) < 4.78 is 11.3. The molecule has 17 heavy (non-hydrogen) atoms. The summed E-state index contributed by atoms with van der Waals surface area (Å²) in [5.74, 6) is 0.961. The van der Waals surface area contributed by atoms with Crippen molar-refractivity contribution in [1.29, 1.82) is 0 Å². The van der Waals surface area contributed by atoms with Crippen LogP contribution < -0.4 is 10.5 Å². The van der Waals surface area contributed by atoms with Crippen LogP contribution in [0.1, 0.15) is 23.6 Å². The largest absolute Gasteiger partial charge is 0.490 e. The van der Waals surface area contributed by atoms with E-state index in [1.165, 1.54) is 11.1 Å². The van der Waals surface area contributed by atoms with Gasteiger partial charge in [-0.05, 0) is 44.4 Å². The molecular weight excluding hydrogens is 214 g/mol. The molecule has 0 aromatic heterocycles. The molecule has 96 valence electrons. The molecule has 3 heteroatoms. The van der Waals surface area contributed by atoms with Crippen molar-refractivity contribution in [2.75, 3.05) is 19.8 Å². The normalized spacial score (nSPS) is 12.5. The molecule has 0 bridgehead atoms. The fourth-order valence-electron chi connectivity index (χ4n) is 1.74. The first-order valence-electron chi connectivity index (χ1n) is 6.11. The maximum absolute atomic E-state index is 5.85. The number of nitrogens with two attached hydrogens (primary N) is 1. The zero-order valence-electron chi connectivity index (χ0n) is 11.2. The Morgan fingerprint density at radius 3 is 2.41 bits per heavy atom. The van der Waals surface area contributed by atoms with E-state index < -0.39 is 0 Å². The van der Waals surface area contributed by atoms with Crippen LogP contribution in [0.4, 0.5) is 0 Å². The van der Waals surface area contributed by atoms with E-state index in [9.17, 15) is 0 Å². The number of hydrogen-bond donors (Lipinski definition) is 1. The lowest BCUT2D eigenvalue weighted by atomic mass is 10.1. The van der Waals surface area contributed by atoms with Crippen molar-refractivity contribution in [1.82, 2.24) is 0 Å². The van der Waals surface area contributed by atoms with Crippen molar-refractivity contribution < 1.29 is 9.47 Å². The second-order valence-corrected chi connectivity index (χ2v) is 4.28. The van der Waals surface area contributed by atoms with E-state index in [0.717, 1.165) is 11.3 Å². The van der Waals surface area contributed by atoms with Crippen LogP contribution in [0.2, 0.25) is 0 Å². The lowest BCUT2D eigenvalue weighted by Gasteiger charge is -2.19. The third-order valence-corrected chi connectivity index (χ3v) is 2.95. The molecule has 0 saturated carbocycles. The molecule has 1 atom stereocenters. The van der Waals surface area contributed by atoms with Crippen molar-refractivity contribution in [3.8, 4) is 5.75 Å². The van der Waals surface area contributed by atoms with Crippen LogP contribution in [-0.2, 0) is 4.74 Å². The SMILES string of the molecule is CCOC(CN)COc1c(C)ccc(C)c1C. The van der Waals surface area contributed by atoms with E-state index in [4.69, 9.17) is 15.2 Å². The molecule has 0 radical (unpaired) electrons. The zero-order chi connectivity index (χ0) is 12.8. The number of hydrogen-bond acceptors (Lipinski definition) is 3. The summed E-state index contributed by atoms with van der Waals surface area (Å²) in [6.45, 7) is 9.84. The molecule has 2 N–H and O–H groups in total. The lowest BCUT2D eigenvalue weighted by molar-refractivity contribution is 0.0333. The fraction of sp³-hybridized carbons (Fsp3) is 0.571. The summed E-state index contributed by atoms with van der Waals surface area (Å²) >= 11 is 0. The summed E-state index contributed by atoms with van der Waals surface area (Å²) in [4.78, 5) is 0. The number of rotatable bonds is 6. The van der Waals surface area contributed by atoms with Crippen molar-refractivity contribution in [3.05, 3.63) is 28.8 Å². The van der Waals surface area contributed by atoms with Crippen LogP contribution in [0.25, 0.3) is 0 Å². The predicted octanol–water partition coefficient (Wildman–Crippen LogP) is 2.35. The maximum atomic E-state index is 5.85. The second-order valence-electron chi connectivity index (χ2n) is 4.28. The molecular formula is C14H23NO2. The molecule has 0 aliphatic heterocycles. The van der Waals surface area contributed by atoms with Gasteiger partial charge in [0.15, 0.2) is 0 Å². The van der Waals surface area contributed by atoms with Crippen LogP contribution in [0, 0.1) is 20.8 Å². The summed E-state index contributed by atoms with van der Waals surface area (Å²) in [6, 6.07) is 4.19. The standard InChI is InChI=1S/C14H23NO2/c1-5-16-13(8-15)9-17-14-11(3)7-6-10(2)12(14)4/h6-7,13H,5,8-9,15H2,1-4H3. The van der Waals surface area contributed by atoms with Crippen molar-refractivity contribution in [2.24, 2.45) is 5.73 Å². The number of ether oxygens (including phenoxy) is 2. The molecule has 0 aliphatic rings. The fourth-order valence-corrected chi connectivity index (χ4v) is 1.74. The minimum absolute atomic E-state index is 0.0284. The van der Waals surface area contributed by atoms with Gasteiger partial charge in [0.25, 0.3) is 0 Å². The molecule has 1 rings (SSSR count). The molecule has 0 fully saturated rings. The Labute approximate surface area is 104 Å². The van der Waals surface area contributed by atoms with Gasteiger partial charge in [-0.25, -0.2) is 0 Å². The number of aryl methyl sites for hydroxylation is 2. The van der Waals surface area contributed by atoms with Gasteiger partial charge in [0.05, 0.1) is 0 Å². The van der Waals surface area contributed by atoms with Crippen LogP contribution >= 0.6 is 0 Å². The van der Waals surface area contributed by atoms with E-state index >= 15 is 0 Å². The summed E-state index contributed by atoms with van der Waals surface area (Å²) in [5.41, 5.74) is 9.21. The van der Waals surface area contributed by atoms with Gasteiger partial charge in [0, 0.05) is 13.2 Å².